The highest BCUT2D eigenvalue weighted by molar-refractivity contribution is 4.63. The Hall–Kier alpha value is -0.0400. The van der Waals surface area contributed by atoms with Crippen LogP contribution in [0.4, 0.5) is 0 Å². The quantitative estimate of drug-likeness (QED) is 0.642. The molecule has 0 rings (SSSR count). The van der Waals surface area contributed by atoms with Crippen molar-refractivity contribution in [3.63, 3.8) is 0 Å². The average Bonchev–Trinajstić information content (AvgIpc) is 2.11. The number of rotatable bonds is 8. The monoisotopic (exact) mass is 213 g/mol. The van der Waals surface area contributed by atoms with Crippen LogP contribution in [-0.4, -0.2) is 6.04 Å². The third-order valence-electron chi connectivity index (χ3n) is 3.16. The van der Waals surface area contributed by atoms with Crippen molar-refractivity contribution in [3.05, 3.63) is 0 Å². The van der Waals surface area contributed by atoms with E-state index in [1.54, 1.807) is 0 Å². The molecule has 1 heteroatoms. The van der Waals surface area contributed by atoms with E-state index < -0.39 is 0 Å². The fourth-order valence-corrected chi connectivity index (χ4v) is 2.09. The zero-order valence-electron chi connectivity index (χ0n) is 11.4. The summed E-state index contributed by atoms with van der Waals surface area (Å²) < 4.78 is 0. The first-order valence-corrected chi connectivity index (χ1v) is 6.67. The van der Waals surface area contributed by atoms with Crippen molar-refractivity contribution < 1.29 is 0 Å². The summed E-state index contributed by atoms with van der Waals surface area (Å²) in [5.74, 6) is 2.58. The van der Waals surface area contributed by atoms with Crippen LogP contribution in [0.5, 0.6) is 0 Å². The Morgan fingerprint density at radius 1 is 0.733 bits per heavy atom. The SMILES string of the molecule is CC(C)CCC(C)CC(C)CCC(C)N. The van der Waals surface area contributed by atoms with E-state index in [2.05, 4.69) is 34.6 Å². The smallest absolute Gasteiger partial charge is 0.00105 e. The van der Waals surface area contributed by atoms with Crippen molar-refractivity contribution in [1.82, 2.24) is 0 Å². The number of hydrogen-bond donors (Lipinski definition) is 1. The summed E-state index contributed by atoms with van der Waals surface area (Å²) in [6.45, 7) is 11.5. The van der Waals surface area contributed by atoms with Gasteiger partial charge >= 0.3 is 0 Å². The molecule has 0 fully saturated rings. The molecule has 3 unspecified atom stereocenters. The zero-order chi connectivity index (χ0) is 11.8. The molecule has 0 amide bonds. The molecule has 0 aliphatic carbocycles. The van der Waals surface area contributed by atoms with E-state index >= 15 is 0 Å². The first kappa shape index (κ1) is 15.0. The average molecular weight is 213 g/mol. The molecule has 3 atom stereocenters. The highest BCUT2D eigenvalue weighted by Crippen LogP contribution is 2.22. The van der Waals surface area contributed by atoms with Crippen molar-refractivity contribution >= 4 is 0 Å². The molecule has 0 heterocycles. The summed E-state index contributed by atoms with van der Waals surface area (Å²) in [4.78, 5) is 0. The molecule has 0 radical (unpaired) electrons. The van der Waals surface area contributed by atoms with Gasteiger partial charge in [0.25, 0.3) is 0 Å². The van der Waals surface area contributed by atoms with Crippen LogP contribution >= 0.6 is 0 Å². The maximum atomic E-state index is 5.77. The molecule has 0 spiro atoms. The van der Waals surface area contributed by atoms with E-state index in [9.17, 15) is 0 Å². The molecule has 0 bridgehead atoms. The lowest BCUT2D eigenvalue weighted by atomic mass is 9.88. The fraction of sp³-hybridized carbons (Fsp3) is 1.00. The maximum absolute atomic E-state index is 5.77. The molecule has 0 aliphatic rings. The van der Waals surface area contributed by atoms with Crippen LogP contribution < -0.4 is 5.73 Å². The van der Waals surface area contributed by atoms with Gasteiger partial charge in [-0.05, 0) is 43.9 Å². The first-order valence-electron chi connectivity index (χ1n) is 6.67. The van der Waals surface area contributed by atoms with Gasteiger partial charge < -0.3 is 5.73 Å². The predicted molar refractivity (Wildman–Crippen MR) is 69.9 cm³/mol. The van der Waals surface area contributed by atoms with E-state index in [-0.39, 0.29) is 0 Å². The second-order valence-electron chi connectivity index (χ2n) is 5.97. The Morgan fingerprint density at radius 3 is 1.60 bits per heavy atom. The molecule has 0 aromatic rings. The minimum atomic E-state index is 0.374. The molecule has 0 aromatic carbocycles. The fourth-order valence-electron chi connectivity index (χ4n) is 2.09. The van der Waals surface area contributed by atoms with Gasteiger partial charge in [-0.3, -0.25) is 0 Å². The van der Waals surface area contributed by atoms with Crippen LogP contribution in [0.15, 0.2) is 0 Å². The van der Waals surface area contributed by atoms with Crippen molar-refractivity contribution in [3.8, 4) is 0 Å². The second-order valence-corrected chi connectivity index (χ2v) is 5.97. The summed E-state index contributed by atoms with van der Waals surface area (Å²) in [5, 5.41) is 0. The van der Waals surface area contributed by atoms with Gasteiger partial charge in [0.05, 0.1) is 0 Å². The second kappa shape index (κ2) is 8.15. The molecular weight excluding hydrogens is 182 g/mol. The predicted octanol–water partition coefficient (Wildman–Crippen LogP) is 4.21. The van der Waals surface area contributed by atoms with Crippen molar-refractivity contribution in [2.75, 3.05) is 0 Å². The molecule has 0 aliphatic heterocycles. The molecule has 0 saturated heterocycles. The minimum Gasteiger partial charge on any atom is -0.328 e. The lowest BCUT2D eigenvalue weighted by Crippen LogP contribution is -2.16. The standard InChI is InChI=1S/C14H31N/c1-11(2)6-7-12(3)10-13(4)8-9-14(5)15/h11-14H,6-10,15H2,1-5H3. The van der Waals surface area contributed by atoms with Gasteiger partial charge in [0, 0.05) is 6.04 Å². The Kier molecular flexibility index (Phi) is 8.13. The summed E-state index contributed by atoms with van der Waals surface area (Å²) in [6.07, 6.45) is 6.61. The lowest BCUT2D eigenvalue weighted by Gasteiger charge is -2.18. The number of nitrogens with two attached hydrogens (primary N) is 1. The van der Waals surface area contributed by atoms with Crippen LogP contribution in [0.3, 0.4) is 0 Å². The highest BCUT2D eigenvalue weighted by atomic mass is 14.6. The van der Waals surface area contributed by atoms with Gasteiger partial charge in [-0.2, -0.15) is 0 Å². The Balaban J connectivity index is 3.52. The van der Waals surface area contributed by atoms with Gasteiger partial charge in [-0.25, -0.2) is 0 Å². The summed E-state index contributed by atoms with van der Waals surface area (Å²) in [7, 11) is 0. The largest absolute Gasteiger partial charge is 0.328 e. The van der Waals surface area contributed by atoms with Crippen LogP contribution in [0.25, 0.3) is 0 Å². The molecule has 92 valence electrons. The molecule has 2 N–H and O–H groups in total. The third kappa shape index (κ3) is 10.2. The highest BCUT2D eigenvalue weighted by Gasteiger charge is 2.10. The van der Waals surface area contributed by atoms with Crippen molar-refractivity contribution in [2.24, 2.45) is 23.5 Å². The summed E-state index contributed by atoms with van der Waals surface area (Å²) >= 11 is 0. The van der Waals surface area contributed by atoms with Crippen molar-refractivity contribution in [1.29, 1.82) is 0 Å². The van der Waals surface area contributed by atoms with E-state index in [0.717, 1.165) is 17.8 Å². The zero-order valence-corrected chi connectivity index (χ0v) is 11.4. The van der Waals surface area contributed by atoms with Crippen LogP contribution in [0.2, 0.25) is 0 Å². The first-order chi connectivity index (χ1) is 6.91. The summed E-state index contributed by atoms with van der Waals surface area (Å²) in [6, 6.07) is 0.374. The van der Waals surface area contributed by atoms with Gasteiger partial charge in [-0.1, -0.05) is 40.5 Å². The maximum Gasteiger partial charge on any atom is 0.00105 e. The van der Waals surface area contributed by atoms with Gasteiger partial charge in [0.15, 0.2) is 0 Å². The van der Waals surface area contributed by atoms with Gasteiger partial charge in [0.1, 0.15) is 0 Å². The minimum absolute atomic E-state index is 0.374. The van der Waals surface area contributed by atoms with Gasteiger partial charge in [0.2, 0.25) is 0 Å². The van der Waals surface area contributed by atoms with E-state index in [1.807, 2.05) is 0 Å². The van der Waals surface area contributed by atoms with Gasteiger partial charge in [-0.15, -0.1) is 0 Å². The normalized spacial score (nSPS) is 17.8. The number of hydrogen-bond acceptors (Lipinski definition) is 1. The third-order valence-corrected chi connectivity index (χ3v) is 3.16. The topological polar surface area (TPSA) is 26.0 Å². The van der Waals surface area contributed by atoms with E-state index in [4.69, 9.17) is 5.73 Å². The molecular formula is C14H31N. The van der Waals surface area contributed by atoms with Crippen molar-refractivity contribution in [2.45, 2.75) is 72.8 Å². The summed E-state index contributed by atoms with van der Waals surface area (Å²) in [5.41, 5.74) is 5.77. The Labute approximate surface area is 96.8 Å². The Bertz CT molecular complexity index is 124. The van der Waals surface area contributed by atoms with Crippen LogP contribution in [0, 0.1) is 17.8 Å². The molecule has 0 saturated carbocycles. The molecule has 0 aromatic heterocycles. The van der Waals surface area contributed by atoms with Crippen LogP contribution in [-0.2, 0) is 0 Å². The van der Waals surface area contributed by atoms with Crippen LogP contribution in [0.1, 0.15) is 66.7 Å². The molecule has 15 heavy (non-hydrogen) atoms. The van der Waals surface area contributed by atoms with E-state index in [0.29, 0.717) is 6.04 Å². The lowest BCUT2D eigenvalue weighted by molar-refractivity contribution is 0.345. The molecule has 1 nitrogen and oxygen atoms in total. The van der Waals surface area contributed by atoms with E-state index in [1.165, 1.54) is 32.1 Å². The Morgan fingerprint density at radius 2 is 1.20 bits per heavy atom.